The number of aromatic nitrogens is 1. The predicted molar refractivity (Wildman–Crippen MR) is 132 cm³/mol. The highest BCUT2D eigenvalue weighted by Gasteiger charge is 2.24. The monoisotopic (exact) mass is 486 g/mol. The number of rotatable bonds is 7. The number of carbonyl (C=O) groups is 2. The van der Waals surface area contributed by atoms with Gasteiger partial charge in [0.2, 0.25) is 0 Å². The van der Waals surface area contributed by atoms with Gasteiger partial charge in [-0.2, -0.15) is 0 Å². The lowest BCUT2D eigenvalue weighted by molar-refractivity contribution is -0.137. The third-order valence-corrected chi connectivity index (χ3v) is 5.49. The van der Waals surface area contributed by atoms with Crippen LogP contribution in [-0.4, -0.2) is 27.1 Å². The summed E-state index contributed by atoms with van der Waals surface area (Å²) >= 11 is 5.92. The first-order chi connectivity index (χ1) is 16.9. The Balaban J connectivity index is 1.68. The molecule has 4 rings (SSSR count). The third-order valence-electron chi connectivity index (χ3n) is 5.24. The maximum atomic E-state index is 13.1. The van der Waals surface area contributed by atoms with Gasteiger partial charge >= 0.3 is 5.97 Å². The van der Waals surface area contributed by atoms with Gasteiger partial charge in [-0.05, 0) is 53.9 Å². The molecule has 0 saturated carbocycles. The predicted octanol–water partition coefficient (Wildman–Crippen LogP) is 5.31. The van der Waals surface area contributed by atoms with E-state index < -0.39 is 17.9 Å². The summed E-state index contributed by atoms with van der Waals surface area (Å²) in [6.07, 6.45) is 5.27. The van der Waals surface area contributed by atoms with Crippen molar-refractivity contribution < 1.29 is 24.5 Å². The summed E-state index contributed by atoms with van der Waals surface area (Å²) < 4.78 is 5.83. The molecule has 4 aromatic rings. The summed E-state index contributed by atoms with van der Waals surface area (Å²) in [5.41, 5.74) is 0.347. The Morgan fingerprint density at radius 2 is 1.74 bits per heavy atom. The largest absolute Gasteiger partial charge is 0.505 e. The maximum Gasteiger partial charge on any atom is 0.305 e. The number of aromatic hydroxyl groups is 1. The highest BCUT2D eigenvalue weighted by molar-refractivity contribution is 6.30. The first-order valence-electron chi connectivity index (χ1n) is 10.5. The number of hydrogen-bond donors (Lipinski definition) is 3. The van der Waals surface area contributed by atoms with Crippen LogP contribution in [0.25, 0.3) is 10.8 Å². The van der Waals surface area contributed by atoms with E-state index >= 15 is 0 Å². The van der Waals surface area contributed by atoms with Gasteiger partial charge in [0.25, 0.3) is 5.91 Å². The summed E-state index contributed by atoms with van der Waals surface area (Å²) in [5, 5.41) is 24.0. The topological polar surface area (TPSA) is 109 Å². The number of hydrogen-bond acceptors (Lipinski definition) is 5. The van der Waals surface area contributed by atoms with Crippen molar-refractivity contribution in [3.8, 4) is 29.6 Å². The molecule has 174 valence electrons. The minimum Gasteiger partial charge on any atom is -0.505 e. The minimum absolute atomic E-state index is 0.128. The zero-order valence-corrected chi connectivity index (χ0v) is 19.0. The van der Waals surface area contributed by atoms with Gasteiger partial charge in [-0.15, -0.1) is 6.42 Å². The van der Waals surface area contributed by atoms with Crippen LogP contribution in [-0.2, 0) is 4.79 Å². The second-order valence-electron chi connectivity index (χ2n) is 7.60. The molecule has 1 heterocycles. The van der Waals surface area contributed by atoms with E-state index in [1.54, 1.807) is 54.6 Å². The van der Waals surface area contributed by atoms with Gasteiger partial charge in [-0.3, -0.25) is 9.59 Å². The molecule has 3 aromatic carbocycles. The van der Waals surface area contributed by atoms with Gasteiger partial charge in [-0.25, -0.2) is 4.98 Å². The zero-order chi connectivity index (χ0) is 24.9. The Kier molecular flexibility index (Phi) is 6.86. The number of carboxylic acid groups (broad SMARTS) is 1. The first kappa shape index (κ1) is 23.6. The molecular weight excluding hydrogens is 468 g/mol. The van der Waals surface area contributed by atoms with Gasteiger partial charge in [-0.1, -0.05) is 41.9 Å². The van der Waals surface area contributed by atoms with Crippen LogP contribution in [0.1, 0.15) is 34.2 Å². The second kappa shape index (κ2) is 10.2. The summed E-state index contributed by atoms with van der Waals surface area (Å²) in [6, 6.07) is 19.5. The smallest absolute Gasteiger partial charge is 0.305 e. The number of benzene rings is 3. The number of carboxylic acids is 1. The van der Waals surface area contributed by atoms with Crippen molar-refractivity contribution in [3.63, 3.8) is 0 Å². The Labute approximate surface area is 206 Å². The van der Waals surface area contributed by atoms with E-state index in [4.69, 9.17) is 22.8 Å². The molecule has 0 fully saturated rings. The van der Waals surface area contributed by atoms with E-state index in [1.807, 2.05) is 18.2 Å². The van der Waals surface area contributed by atoms with Gasteiger partial charge in [0.15, 0.2) is 11.4 Å². The van der Waals surface area contributed by atoms with Crippen molar-refractivity contribution in [2.24, 2.45) is 0 Å². The Morgan fingerprint density at radius 1 is 1.03 bits per heavy atom. The number of ether oxygens (including phenoxy) is 1. The van der Waals surface area contributed by atoms with Crippen molar-refractivity contribution in [3.05, 3.63) is 94.8 Å². The number of terminal acetylenes is 1. The number of amides is 1. The van der Waals surface area contributed by atoms with Crippen LogP contribution in [0.2, 0.25) is 5.02 Å². The van der Waals surface area contributed by atoms with Crippen LogP contribution >= 0.6 is 11.6 Å². The van der Waals surface area contributed by atoms with Crippen LogP contribution in [0, 0.1) is 12.3 Å². The maximum absolute atomic E-state index is 13.1. The molecule has 0 radical (unpaired) electrons. The fraction of sp³-hybridized carbons (Fsp3) is 0.0741. The third kappa shape index (κ3) is 5.35. The van der Waals surface area contributed by atoms with Crippen LogP contribution in [0.3, 0.4) is 0 Å². The molecule has 0 aliphatic rings. The Bertz CT molecular complexity index is 1450. The molecule has 1 atom stereocenters. The van der Waals surface area contributed by atoms with Crippen LogP contribution in [0.4, 0.5) is 0 Å². The van der Waals surface area contributed by atoms with Crippen molar-refractivity contribution in [2.45, 2.75) is 12.5 Å². The Hall–Kier alpha value is -4.54. The van der Waals surface area contributed by atoms with Crippen molar-refractivity contribution in [1.82, 2.24) is 10.3 Å². The number of halogens is 1. The molecule has 1 amide bonds. The molecule has 8 heteroatoms. The SMILES string of the molecule is C#Cc1nc(C(=O)NC(CC(=O)O)c2ccc(Cl)cc2)c(O)c2ccc(Oc3ccccc3)cc12. The molecule has 1 unspecified atom stereocenters. The van der Waals surface area contributed by atoms with Crippen molar-refractivity contribution in [1.29, 1.82) is 0 Å². The first-order valence-corrected chi connectivity index (χ1v) is 10.9. The molecule has 0 bridgehead atoms. The molecule has 0 aliphatic carbocycles. The lowest BCUT2D eigenvalue weighted by Gasteiger charge is -2.18. The second-order valence-corrected chi connectivity index (χ2v) is 8.04. The number of carbonyl (C=O) groups excluding carboxylic acids is 1. The minimum atomic E-state index is -1.11. The van der Waals surface area contributed by atoms with Crippen molar-refractivity contribution >= 4 is 34.2 Å². The fourth-order valence-electron chi connectivity index (χ4n) is 3.58. The lowest BCUT2D eigenvalue weighted by atomic mass is 10.0. The average molecular weight is 487 g/mol. The summed E-state index contributed by atoms with van der Waals surface area (Å²) in [7, 11) is 0. The number of pyridine rings is 1. The fourth-order valence-corrected chi connectivity index (χ4v) is 3.71. The zero-order valence-electron chi connectivity index (χ0n) is 18.2. The van der Waals surface area contributed by atoms with Crippen LogP contribution in [0.15, 0.2) is 72.8 Å². The summed E-state index contributed by atoms with van der Waals surface area (Å²) in [5.74, 6) is 1.27. The normalized spacial score (nSPS) is 11.4. The van der Waals surface area contributed by atoms with Crippen LogP contribution < -0.4 is 10.1 Å². The Morgan fingerprint density at radius 3 is 2.40 bits per heavy atom. The number of fused-ring (bicyclic) bond motifs is 1. The van der Waals surface area contributed by atoms with Gasteiger partial charge in [0.1, 0.15) is 17.2 Å². The number of nitrogens with one attached hydrogen (secondary N) is 1. The number of para-hydroxylation sites is 1. The standard InChI is InChI=1S/C27H19ClN2O5/c1-2-22-21-14-19(35-18-6-4-3-5-7-18)12-13-20(21)26(33)25(29-22)27(34)30-23(15-24(31)32)16-8-10-17(28)11-9-16/h1,3-14,23,33H,15H2,(H,30,34)(H,31,32). The van der Waals surface area contributed by atoms with Gasteiger partial charge in [0, 0.05) is 15.8 Å². The van der Waals surface area contributed by atoms with E-state index in [0.717, 1.165) is 0 Å². The molecule has 35 heavy (non-hydrogen) atoms. The molecule has 1 aromatic heterocycles. The van der Waals surface area contributed by atoms with Gasteiger partial charge in [0.05, 0.1) is 12.5 Å². The van der Waals surface area contributed by atoms with E-state index in [2.05, 4.69) is 16.2 Å². The van der Waals surface area contributed by atoms with E-state index in [-0.39, 0.29) is 23.6 Å². The number of aliphatic carboxylic acids is 1. The molecular formula is C27H19ClN2O5. The molecule has 7 nitrogen and oxygen atoms in total. The van der Waals surface area contributed by atoms with Gasteiger partial charge < -0.3 is 20.3 Å². The molecule has 0 saturated heterocycles. The molecule has 0 spiro atoms. The van der Waals surface area contributed by atoms with Crippen LogP contribution in [0.5, 0.6) is 17.2 Å². The summed E-state index contributed by atoms with van der Waals surface area (Å²) in [4.78, 5) is 28.6. The quantitative estimate of drug-likeness (QED) is 0.305. The number of nitrogens with zero attached hydrogens (tertiary/aromatic N) is 1. The average Bonchev–Trinajstić information content (AvgIpc) is 2.84. The highest BCUT2D eigenvalue weighted by Crippen LogP contribution is 2.34. The lowest BCUT2D eigenvalue weighted by Crippen LogP contribution is -2.31. The molecule has 3 N–H and O–H groups in total. The summed E-state index contributed by atoms with van der Waals surface area (Å²) in [6.45, 7) is 0. The van der Waals surface area contributed by atoms with E-state index in [1.165, 1.54) is 0 Å². The highest BCUT2D eigenvalue weighted by atomic mass is 35.5. The van der Waals surface area contributed by atoms with E-state index in [0.29, 0.717) is 32.9 Å². The van der Waals surface area contributed by atoms with Crippen molar-refractivity contribution in [2.75, 3.05) is 0 Å². The van der Waals surface area contributed by atoms with E-state index in [9.17, 15) is 19.8 Å². The molecule has 0 aliphatic heterocycles.